The van der Waals surface area contributed by atoms with Crippen molar-refractivity contribution in [1.29, 1.82) is 0 Å². The molecule has 0 radical (unpaired) electrons. The lowest BCUT2D eigenvalue weighted by molar-refractivity contribution is -0.117. The summed E-state index contributed by atoms with van der Waals surface area (Å²) in [5.74, 6) is -0.382. The molecule has 0 heterocycles. The first-order chi connectivity index (χ1) is 12.9. The predicted molar refractivity (Wildman–Crippen MR) is 103 cm³/mol. The third kappa shape index (κ3) is 5.14. The highest BCUT2D eigenvalue weighted by molar-refractivity contribution is 5.98. The van der Waals surface area contributed by atoms with Gasteiger partial charge in [0.05, 0.1) is 6.04 Å². The quantitative estimate of drug-likeness (QED) is 0.788. The van der Waals surface area contributed by atoms with Gasteiger partial charge in [0.1, 0.15) is 5.82 Å². The van der Waals surface area contributed by atoms with Crippen LogP contribution < -0.4 is 10.6 Å². The van der Waals surface area contributed by atoms with Gasteiger partial charge in [-0.1, -0.05) is 18.2 Å². The van der Waals surface area contributed by atoms with Gasteiger partial charge in [0.15, 0.2) is 0 Å². The highest BCUT2D eigenvalue weighted by Crippen LogP contribution is 2.30. The van der Waals surface area contributed by atoms with Crippen molar-refractivity contribution in [2.45, 2.75) is 18.9 Å². The zero-order valence-electron chi connectivity index (χ0n) is 15.5. The standard InChI is InChI=1S/C21H24FN3O2/c1-25(2)19(14-8-10-17(22)11-9-14)13-23-20(26)16-4-3-5-18(12-16)24-21(27)15-6-7-15/h3-5,8-12,15,19H,6-7,13H2,1-2H3,(H,23,26)(H,24,27). The Kier molecular flexibility index (Phi) is 5.86. The summed E-state index contributed by atoms with van der Waals surface area (Å²) in [6, 6.07) is 13.1. The van der Waals surface area contributed by atoms with Crippen molar-refractivity contribution < 1.29 is 14.0 Å². The van der Waals surface area contributed by atoms with E-state index < -0.39 is 0 Å². The molecule has 0 spiro atoms. The number of halogens is 1. The molecule has 2 N–H and O–H groups in total. The van der Waals surface area contributed by atoms with Crippen molar-refractivity contribution in [3.05, 3.63) is 65.5 Å². The molecule has 1 aliphatic carbocycles. The van der Waals surface area contributed by atoms with E-state index in [9.17, 15) is 14.0 Å². The topological polar surface area (TPSA) is 61.4 Å². The zero-order valence-corrected chi connectivity index (χ0v) is 15.5. The molecule has 1 unspecified atom stereocenters. The fourth-order valence-electron chi connectivity index (χ4n) is 2.90. The van der Waals surface area contributed by atoms with E-state index in [2.05, 4.69) is 10.6 Å². The third-order valence-corrected chi connectivity index (χ3v) is 4.67. The lowest BCUT2D eigenvalue weighted by Gasteiger charge is -2.25. The first-order valence-corrected chi connectivity index (χ1v) is 9.05. The molecule has 0 saturated heterocycles. The maximum Gasteiger partial charge on any atom is 0.251 e. The molecule has 2 aromatic carbocycles. The molecule has 1 fully saturated rings. The summed E-state index contributed by atoms with van der Waals surface area (Å²) in [6.07, 6.45) is 1.86. The maximum atomic E-state index is 13.2. The Labute approximate surface area is 158 Å². The van der Waals surface area contributed by atoms with E-state index in [4.69, 9.17) is 0 Å². The number of anilines is 1. The Morgan fingerprint density at radius 3 is 2.48 bits per heavy atom. The molecule has 1 atom stereocenters. The Hall–Kier alpha value is -2.73. The van der Waals surface area contributed by atoms with Crippen molar-refractivity contribution >= 4 is 17.5 Å². The number of likely N-dealkylation sites (N-methyl/N-ethyl adjacent to an activating group) is 1. The predicted octanol–water partition coefficient (Wildman–Crippen LogP) is 3.21. The molecule has 0 bridgehead atoms. The van der Waals surface area contributed by atoms with Crippen LogP contribution in [0.2, 0.25) is 0 Å². The number of carbonyl (C=O) groups excluding carboxylic acids is 2. The normalized spacial score (nSPS) is 14.7. The number of nitrogens with zero attached hydrogens (tertiary/aromatic N) is 1. The van der Waals surface area contributed by atoms with Crippen LogP contribution in [0.1, 0.15) is 34.8 Å². The summed E-state index contributed by atoms with van der Waals surface area (Å²) in [6.45, 7) is 0.385. The second kappa shape index (κ2) is 8.31. The molecule has 1 aliphatic rings. The Morgan fingerprint density at radius 2 is 1.85 bits per heavy atom. The van der Waals surface area contributed by atoms with Gasteiger partial charge in [0.2, 0.25) is 5.91 Å². The molecule has 6 heteroatoms. The summed E-state index contributed by atoms with van der Waals surface area (Å²) in [5, 5.41) is 5.77. The van der Waals surface area contributed by atoms with E-state index in [1.54, 1.807) is 36.4 Å². The first kappa shape index (κ1) is 19.0. The van der Waals surface area contributed by atoms with E-state index in [0.29, 0.717) is 17.8 Å². The van der Waals surface area contributed by atoms with Gasteiger partial charge in [0, 0.05) is 23.7 Å². The Bertz CT molecular complexity index is 816. The SMILES string of the molecule is CN(C)C(CNC(=O)c1cccc(NC(=O)C2CC2)c1)c1ccc(F)cc1. The van der Waals surface area contributed by atoms with E-state index in [1.165, 1.54) is 12.1 Å². The molecule has 142 valence electrons. The number of hydrogen-bond donors (Lipinski definition) is 2. The molecule has 3 rings (SSSR count). The van der Waals surface area contributed by atoms with Crippen LogP contribution in [-0.2, 0) is 4.79 Å². The fraction of sp³-hybridized carbons (Fsp3) is 0.333. The van der Waals surface area contributed by atoms with Crippen LogP contribution >= 0.6 is 0 Å². The molecule has 5 nitrogen and oxygen atoms in total. The molecular weight excluding hydrogens is 345 g/mol. The summed E-state index contributed by atoms with van der Waals surface area (Å²) >= 11 is 0. The van der Waals surface area contributed by atoms with Crippen molar-refractivity contribution in [3.8, 4) is 0 Å². The minimum atomic E-state index is -0.287. The maximum absolute atomic E-state index is 13.2. The van der Waals surface area contributed by atoms with Gasteiger partial charge in [-0.25, -0.2) is 4.39 Å². The number of benzene rings is 2. The average Bonchev–Trinajstić information content (AvgIpc) is 3.48. The number of rotatable bonds is 7. The Balaban J connectivity index is 1.63. The van der Waals surface area contributed by atoms with Gasteiger partial charge in [-0.2, -0.15) is 0 Å². The molecule has 2 amide bonds. The highest BCUT2D eigenvalue weighted by Gasteiger charge is 2.29. The monoisotopic (exact) mass is 369 g/mol. The number of carbonyl (C=O) groups is 2. The van der Waals surface area contributed by atoms with Crippen molar-refractivity contribution in [1.82, 2.24) is 10.2 Å². The molecule has 1 saturated carbocycles. The van der Waals surface area contributed by atoms with Crippen molar-refractivity contribution in [2.24, 2.45) is 5.92 Å². The number of amides is 2. The van der Waals surface area contributed by atoms with E-state index in [-0.39, 0.29) is 29.6 Å². The van der Waals surface area contributed by atoms with Crippen molar-refractivity contribution in [2.75, 3.05) is 26.0 Å². The largest absolute Gasteiger partial charge is 0.350 e. The van der Waals surface area contributed by atoms with E-state index in [0.717, 1.165) is 18.4 Å². The molecule has 0 aromatic heterocycles. The molecule has 0 aliphatic heterocycles. The van der Waals surface area contributed by atoms with Crippen molar-refractivity contribution in [3.63, 3.8) is 0 Å². The first-order valence-electron chi connectivity index (χ1n) is 9.05. The van der Waals surface area contributed by atoms with Gasteiger partial charge in [0.25, 0.3) is 5.91 Å². The van der Waals surface area contributed by atoms with Crippen LogP contribution in [0.15, 0.2) is 48.5 Å². The van der Waals surface area contributed by atoms with Gasteiger partial charge >= 0.3 is 0 Å². The third-order valence-electron chi connectivity index (χ3n) is 4.67. The van der Waals surface area contributed by atoms with E-state index >= 15 is 0 Å². The van der Waals surface area contributed by atoms with Gasteiger partial charge in [-0.3, -0.25) is 9.59 Å². The van der Waals surface area contributed by atoms with Crippen LogP contribution in [0.4, 0.5) is 10.1 Å². The molecule has 27 heavy (non-hydrogen) atoms. The van der Waals surface area contributed by atoms with Crippen LogP contribution in [0, 0.1) is 11.7 Å². The summed E-state index contributed by atoms with van der Waals surface area (Å²) in [4.78, 5) is 26.4. The van der Waals surface area contributed by atoms with Crippen LogP contribution in [0.5, 0.6) is 0 Å². The summed E-state index contributed by atoms with van der Waals surface area (Å²) in [7, 11) is 3.82. The number of nitrogens with one attached hydrogen (secondary N) is 2. The van der Waals surface area contributed by atoms with Crippen LogP contribution in [0.25, 0.3) is 0 Å². The fourth-order valence-corrected chi connectivity index (χ4v) is 2.90. The lowest BCUT2D eigenvalue weighted by atomic mass is 10.1. The van der Waals surface area contributed by atoms with Crippen LogP contribution in [0.3, 0.4) is 0 Å². The smallest absolute Gasteiger partial charge is 0.251 e. The second-order valence-electron chi connectivity index (χ2n) is 7.09. The molecular formula is C21H24FN3O2. The van der Waals surface area contributed by atoms with Gasteiger partial charge in [-0.15, -0.1) is 0 Å². The zero-order chi connectivity index (χ0) is 19.4. The lowest BCUT2D eigenvalue weighted by Crippen LogP contribution is -2.34. The summed E-state index contributed by atoms with van der Waals surface area (Å²) < 4.78 is 13.2. The minimum absolute atomic E-state index is 0.0107. The minimum Gasteiger partial charge on any atom is -0.350 e. The van der Waals surface area contributed by atoms with Gasteiger partial charge in [-0.05, 0) is 62.8 Å². The van der Waals surface area contributed by atoms with Crippen LogP contribution in [-0.4, -0.2) is 37.4 Å². The van der Waals surface area contributed by atoms with Gasteiger partial charge < -0.3 is 15.5 Å². The second-order valence-corrected chi connectivity index (χ2v) is 7.09. The Morgan fingerprint density at radius 1 is 1.15 bits per heavy atom. The number of hydrogen-bond acceptors (Lipinski definition) is 3. The highest BCUT2D eigenvalue weighted by atomic mass is 19.1. The molecule has 2 aromatic rings. The van der Waals surface area contributed by atoms with E-state index in [1.807, 2.05) is 19.0 Å². The average molecular weight is 369 g/mol. The summed E-state index contributed by atoms with van der Waals surface area (Å²) in [5.41, 5.74) is 2.04.